The van der Waals surface area contributed by atoms with Gasteiger partial charge in [-0.05, 0) is 30.2 Å². The van der Waals surface area contributed by atoms with Crippen LogP contribution in [0.4, 0.5) is 26.3 Å². The van der Waals surface area contributed by atoms with Crippen LogP contribution in [0.3, 0.4) is 0 Å². The molecule has 11 heteroatoms. The summed E-state index contributed by atoms with van der Waals surface area (Å²) in [5, 5.41) is 2.50. The molecule has 2 aromatic heterocycles. The quantitative estimate of drug-likeness (QED) is 0.709. The highest BCUT2D eigenvalue weighted by Gasteiger charge is 2.28. The molecule has 0 spiro atoms. The molecule has 0 atom stereocenters. The van der Waals surface area contributed by atoms with Crippen molar-refractivity contribution in [3.63, 3.8) is 0 Å². The predicted molar refractivity (Wildman–Crippen MR) is 85.6 cm³/mol. The molecule has 152 valence electrons. The van der Waals surface area contributed by atoms with Crippen LogP contribution in [0.1, 0.15) is 28.2 Å². The summed E-state index contributed by atoms with van der Waals surface area (Å²) >= 11 is 0. The number of aryl methyl sites for hydroxylation is 1. The molecule has 2 heterocycles. The number of rotatable bonds is 7. The topological polar surface area (TPSA) is 64.1 Å². The van der Waals surface area contributed by atoms with E-state index in [1.54, 1.807) is 0 Å². The summed E-state index contributed by atoms with van der Waals surface area (Å²) in [7, 11) is 0. The molecular formula is C17H15F6N3O2. The molecule has 0 saturated carbocycles. The van der Waals surface area contributed by atoms with Crippen molar-refractivity contribution >= 4 is 5.91 Å². The van der Waals surface area contributed by atoms with E-state index in [1.165, 1.54) is 30.5 Å². The van der Waals surface area contributed by atoms with Gasteiger partial charge in [-0.3, -0.25) is 14.8 Å². The van der Waals surface area contributed by atoms with E-state index in [0.717, 1.165) is 6.20 Å². The van der Waals surface area contributed by atoms with Gasteiger partial charge in [-0.1, -0.05) is 6.07 Å². The van der Waals surface area contributed by atoms with Crippen LogP contribution in [0.25, 0.3) is 0 Å². The summed E-state index contributed by atoms with van der Waals surface area (Å²) < 4.78 is 77.3. The molecule has 0 aliphatic heterocycles. The summed E-state index contributed by atoms with van der Waals surface area (Å²) in [6, 6.07) is 5.37. The fraction of sp³-hybridized carbons (Fsp3) is 0.353. The Kier molecular flexibility index (Phi) is 6.81. The van der Waals surface area contributed by atoms with Crippen LogP contribution < -0.4 is 10.1 Å². The van der Waals surface area contributed by atoms with Gasteiger partial charge in [0.2, 0.25) is 0 Å². The number of amides is 1. The Balaban J connectivity index is 1.83. The van der Waals surface area contributed by atoms with Crippen molar-refractivity contribution in [3.05, 3.63) is 53.6 Å². The zero-order chi connectivity index (χ0) is 20.8. The second kappa shape index (κ2) is 8.89. The van der Waals surface area contributed by atoms with E-state index in [2.05, 4.69) is 20.0 Å². The van der Waals surface area contributed by atoms with Gasteiger partial charge >= 0.3 is 12.4 Å². The fourth-order valence-corrected chi connectivity index (χ4v) is 2.02. The lowest BCUT2D eigenvalue weighted by Gasteiger charge is -2.09. The third-order valence-electron chi connectivity index (χ3n) is 3.38. The molecule has 0 aliphatic carbocycles. The van der Waals surface area contributed by atoms with Crippen LogP contribution >= 0.6 is 0 Å². The zero-order valence-electron chi connectivity index (χ0n) is 14.3. The van der Waals surface area contributed by atoms with Crippen molar-refractivity contribution in [1.82, 2.24) is 15.3 Å². The molecule has 0 aromatic carbocycles. The number of halogens is 6. The highest BCUT2D eigenvalue weighted by Crippen LogP contribution is 2.22. The highest BCUT2D eigenvalue weighted by molar-refractivity contribution is 5.92. The summed E-state index contributed by atoms with van der Waals surface area (Å²) in [5.41, 5.74) is 0.736. The summed E-state index contributed by atoms with van der Waals surface area (Å²) in [6.45, 7) is -1.45. The number of hydrogen-bond donors (Lipinski definition) is 1. The number of carbonyl (C=O) groups is 1. The lowest BCUT2D eigenvalue weighted by Crippen LogP contribution is -2.24. The molecule has 0 aliphatic rings. The van der Waals surface area contributed by atoms with E-state index in [-0.39, 0.29) is 24.4 Å². The molecule has 0 bridgehead atoms. The highest BCUT2D eigenvalue weighted by atomic mass is 19.4. The standard InChI is InChI=1S/C17H15F6N3O2/c18-16(19,20)6-5-11-1-4-14(25-7-11)15(27)26-8-12-2-3-13(9-24-12)28-10-17(21,22)23/h1-4,7,9H,5-6,8,10H2,(H,26,27). The normalized spacial score (nSPS) is 11.9. The molecule has 5 nitrogen and oxygen atoms in total. The van der Waals surface area contributed by atoms with Gasteiger partial charge in [0.1, 0.15) is 11.4 Å². The lowest BCUT2D eigenvalue weighted by molar-refractivity contribution is -0.153. The maximum Gasteiger partial charge on any atom is 0.422 e. The third kappa shape index (κ3) is 7.80. The van der Waals surface area contributed by atoms with Crippen molar-refractivity contribution in [2.45, 2.75) is 31.7 Å². The Bertz CT molecular complexity index is 773. The van der Waals surface area contributed by atoms with Gasteiger partial charge < -0.3 is 10.1 Å². The fourth-order valence-electron chi connectivity index (χ4n) is 2.02. The van der Waals surface area contributed by atoms with Crippen LogP contribution in [-0.2, 0) is 13.0 Å². The first-order chi connectivity index (χ1) is 13.0. The number of hydrogen-bond acceptors (Lipinski definition) is 4. The van der Waals surface area contributed by atoms with Crippen molar-refractivity contribution in [1.29, 1.82) is 0 Å². The molecule has 1 N–H and O–H groups in total. The minimum absolute atomic E-state index is 0.0147. The van der Waals surface area contributed by atoms with Gasteiger partial charge in [-0.2, -0.15) is 26.3 Å². The molecule has 0 radical (unpaired) electrons. The van der Waals surface area contributed by atoms with Gasteiger partial charge in [0.25, 0.3) is 5.91 Å². The predicted octanol–water partition coefficient (Wildman–Crippen LogP) is 3.84. The first-order valence-electron chi connectivity index (χ1n) is 7.96. The van der Waals surface area contributed by atoms with Crippen molar-refractivity contribution < 1.29 is 35.9 Å². The zero-order valence-corrected chi connectivity index (χ0v) is 14.3. The molecule has 1 amide bonds. The van der Waals surface area contributed by atoms with E-state index in [4.69, 9.17) is 0 Å². The number of carbonyl (C=O) groups excluding carboxylic acids is 1. The Hall–Kier alpha value is -2.85. The van der Waals surface area contributed by atoms with Crippen molar-refractivity contribution in [2.24, 2.45) is 0 Å². The van der Waals surface area contributed by atoms with Gasteiger partial charge in [-0.15, -0.1) is 0 Å². The van der Waals surface area contributed by atoms with Crippen LogP contribution in [0.5, 0.6) is 5.75 Å². The molecule has 2 rings (SSSR count). The second-order valence-corrected chi connectivity index (χ2v) is 5.74. The van der Waals surface area contributed by atoms with Gasteiger partial charge in [0.05, 0.1) is 18.4 Å². The van der Waals surface area contributed by atoms with Gasteiger partial charge in [-0.25, -0.2) is 0 Å². The Morgan fingerprint density at radius 3 is 2.25 bits per heavy atom. The first kappa shape index (κ1) is 21.5. The lowest BCUT2D eigenvalue weighted by atomic mass is 10.1. The van der Waals surface area contributed by atoms with Gasteiger partial charge in [0, 0.05) is 12.6 Å². The van der Waals surface area contributed by atoms with Crippen LogP contribution in [0.2, 0.25) is 0 Å². The SMILES string of the molecule is O=C(NCc1ccc(OCC(F)(F)F)cn1)c1ccc(CCC(F)(F)F)cn1. The molecule has 28 heavy (non-hydrogen) atoms. The monoisotopic (exact) mass is 407 g/mol. The summed E-state index contributed by atoms with van der Waals surface area (Å²) in [4.78, 5) is 19.7. The number of aromatic nitrogens is 2. The number of nitrogens with zero attached hydrogens (tertiary/aromatic N) is 2. The molecular weight excluding hydrogens is 392 g/mol. The Morgan fingerprint density at radius 2 is 1.71 bits per heavy atom. The van der Waals surface area contributed by atoms with E-state index in [0.29, 0.717) is 11.3 Å². The average Bonchev–Trinajstić information content (AvgIpc) is 2.63. The third-order valence-corrected chi connectivity index (χ3v) is 3.38. The Labute approximate surface area is 155 Å². The Morgan fingerprint density at radius 1 is 0.964 bits per heavy atom. The number of alkyl halides is 6. The van der Waals surface area contributed by atoms with E-state index < -0.39 is 31.3 Å². The molecule has 0 unspecified atom stereocenters. The smallest absolute Gasteiger partial charge is 0.422 e. The first-order valence-corrected chi connectivity index (χ1v) is 7.96. The number of pyridine rings is 2. The van der Waals surface area contributed by atoms with Crippen LogP contribution in [0, 0.1) is 0 Å². The van der Waals surface area contributed by atoms with Crippen molar-refractivity contribution in [3.8, 4) is 5.75 Å². The largest absolute Gasteiger partial charge is 0.483 e. The van der Waals surface area contributed by atoms with Crippen LogP contribution in [0.15, 0.2) is 36.7 Å². The average molecular weight is 407 g/mol. The summed E-state index contributed by atoms with van der Waals surface area (Å²) in [5.74, 6) is -0.634. The van der Waals surface area contributed by atoms with E-state index >= 15 is 0 Å². The van der Waals surface area contributed by atoms with Crippen molar-refractivity contribution in [2.75, 3.05) is 6.61 Å². The van der Waals surface area contributed by atoms with E-state index in [1.807, 2.05) is 0 Å². The summed E-state index contributed by atoms with van der Waals surface area (Å²) in [6.07, 6.45) is -7.63. The minimum Gasteiger partial charge on any atom is -0.483 e. The molecule has 0 fully saturated rings. The minimum atomic E-state index is -4.46. The maximum atomic E-state index is 12.2. The van der Waals surface area contributed by atoms with Gasteiger partial charge in [0.15, 0.2) is 6.61 Å². The second-order valence-electron chi connectivity index (χ2n) is 5.74. The number of ether oxygens (including phenoxy) is 1. The van der Waals surface area contributed by atoms with Crippen LogP contribution in [-0.4, -0.2) is 34.8 Å². The molecule has 2 aromatic rings. The molecule has 0 saturated heterocycles. The number of nitrogens with one attached hydrogen (secondary N) is 1. The van der Waals surface area contributed by atoms with E-state index in [9.17, 15) is 31.1 Å². The maximum absolute atomic E-state index is 12.2.